The summed E-state index contributed by atoms with van der Waals surface area (Å²) in [5.41, 5.74) is 1.02. The predicted molar refractivity (Wildman–Crippen MR) is 98.6 cm³/mol. The zero-order valence-corrected chi connectivity index (χ0v) is 16.0. The van der Waals surface area contributed by atoms with Gasteiger partial charge in [-0.2, -0.15) is 0 Å². The second kappa shape index (κ2) is 7.88. The van der Waals surface area contributed by atoms with E-state index >= 15 is 0 Å². The average Bonchev–Trinajstić information content (AvgIpc) is 3.22. The van der Waals surface area contributed by atoms with Crippen molar-refractivity contribution < 1.29 is 4.42 Å². The maximum atomic E-state index is 5.34. The van der Waals surface area contributed by atoms with Gasteiger partial charge in [0.05, 0.1) is 12.2 Å². The van der Waals surface area contributed by atoms with Gasteiger partial charge in [0, 0.05) is 33.0 Å². The fourth-order valence-corrected chi connectivity index (χ4v) is 4.31. The number of piperidine rings is 2. The Hall–Kier alpha value is -1.73. The molecule has 4 heterocycles. The van der Waals surface area contributed by atoms with Crippen molar-refractivity contribution in [2.24, 2.45) is 7.05 Å². The molecule has 4 rings (SSSR count). The van der Waals surface area contributed by atoms with Gasteiger partial charge in [0.15, 0.2) is 5.89 Å². The number of oxazole rings is 1. The normalized spacial score (nSPS) is 22.8. The molecule has 7 nitrogen and oxygen atoms in total. The summed E-state index contributed by atoms with van der Waals surface area (Å²) in [6.07, 6.45) is 8.13. The Labute approximate surface area is 155 Å². The van der Waals surface area contributed by atoms with Crippen LogP contribution >= 0.6 is 0 Å². The van der Waals surface area contributed by atoms with Gasteiger partial charge in [0.25, 0.3) is 0 Å². The molecule has 0 aliphatic carbocycles. The molecule has 0 N–H and O–H groups in total. The van der Waals surface area contributed by atoms with Crippen LogP contribution in [-0.4, -0.2) is 55.7 Å². The molecule has 0 bridgehead atoms. The molecule has 0 unspecified atom stereocenters. The molecule has 2 saturated heterocycles. The lowest BCUT2D eigenvalue weighted by Crippen LogP contribution is -2.35. The minimum absolute atomic E-state index is 0.448. The quantitative estimate of drug-likeness (QED) is 0.818. The fourth-order valence-electron chi connectivity index (χ4n) is 4.31. The monoisotopic (exact) mass is 358 g/mol. The van der Waals surface area contributed by atoms with Crippen molar-refractivity contribution >= 4 is 0 Å². The number of hydrogen-bond acceptors (Lipinski definition) is 6. The van der Waals surface area contributed by atoms with Crippen LogP contribution in [-0.2, 0) is 20.1 Å². The molecule has 0 saturated carbocycles. The van der Waals surface area contributed by atoms with E-state index in [1.807, 2.05) is 6.92 Å². The van der Waals surface area contributed by atoms with Crippen molar-refractivity contribution in [3.05, 3.63) is 29.5 Å². The van der Waals surface area contributed by atoms with Gasteiger partial charge in [-0.3, -0.25) is 9.80 Å². The molecule has 2 fully saturated rings. The standard InChI is InChI=1S/C19H30N6O/c1-15-20-17(14-26-15)12-25-10-6-7-16(11-25)19-22-21-18(23(19)2)13-24-8-4-3-5-9-24/h14,16H,3-13H2,1-2H3/t16-/m0/s1. The van der Waals surface area contributed by atoms with Crippen LogP contribution in [0.15, 0.2) is 10.7 Å². The van der Waals surface area contributed by atoms with E-state index in [-0.39, 0.29) is 0 Å². The lowest BCUT2D eigenvalue weighted by atomic mass is 9.97. The zero-order chi connectivity index (χ0) is 17.9. The summed E-state index contributed by atoms with van der Waals surface area (Å²) in [5, 5.41) is 9.10. The average molecular weight is 358 g/mol. The Morgan fingerprint density at radius 2 is 1.85 bits per heavy atom. The molecule has 0 radical (unpaired) electrons. The van der Waals surface area contributed by atoms with Crippen LogP contribution in [0.5, 0.6) is 0 Å². The molecule has 0 aromatic carbocycles. The van der Waals surface area contributed by atoms with Crippen LogP contribution in [0.4, 0.5) is 0 Å². The maximum Gasteiger partial charge on any atom is 0.191 e. The van der Waals surface area contributed by atoms with Crippen LogP contribution < -0.4 is 0 Å². The molecule has 0 amide bonds. The Morgan fingerprint density at radius 3 is 2.62 bits per heavy atom. The van der Waals surface area contributed by atoms with Gasteiger partial charge in [-0.25, -0.2) is 4.98 Å². The molecule has 0 spiro atoms. The molecule has 2 aromatic rings. The third kappa shape index (κ3) is 3.99. The summed E-state index contributed by atoms with van der Waals surface area (Å²) in [7, 11) is 2.13. The first-order valence-electron chi connectivity index (χ1n) is 9.93. The van der Waals surface area contributed by atoms with Crippen LogP contribution in [0, 0.1) is 6.92 Å². The molecule has 7 heteroatoms. The largest absolute Gasteiger partial charge is 0.449 e. The summed E-state index contributed by atoms with van der Waals surface area (Å²) >= 11 is 0. The van der Waals surface area contributed by atoms with Gasteiger partial charge in [-0.1, -0.05) is 6.42 Å². The molecule has 1 atom stereocenters. The van der Waals surface area contributed by atoms with Gasteiger partial charge in [0.2, 0.25) is 0 Å². The van der Waals surface area contributed by atoms with Crippen LogP contribution in [0.1, 0.15) is 61.3 Å². The van der Waals surface area contributed by atoms with E-state index in [4.69, 9.17) is 4.42 Å². The highest BCUT2D eigenvalue weighted by molar-refractivity contribution is 5.05. The smallest absolute Gasteiger partial charge is 0.191 e. The molecule has 26 heavy (non-hydrogen) atoms. The molecule has 2 aliphatic heterocycles. The third-order valence-corrected chi connectivity index (χ3v) is 5.74. The molecular formula is C19H30N6O. The van der Waals surface area contributed by atoms with Gasteiger partial charge >= 0.3 is 0 Å². The summed E-state index contributed by atoms with van der Waals surface area (Å²) in [6, 6.07) is 0. The van der Waals surface area contributed by atoms with Crippen molar-refractivity contribution in [1.29, 1.82) is 0 Å². The van der Waals surface area contributed by atoms with Gasteiger partial charge < -0.3 is 8.98 Å². The van der Waals surface area contributed by atoms with Crippen molar-refractivity contribution in [3.8, 4) is 0 Å². The number of nitrogens with zero attached hydrogens (tertiary/aromatic N) is 6. The lowest BCUT2D eigenvalue weighted by Gasteiger charge is -2.31. The number of aryl methyl sites for hydroxylation is 1. The summed E-state index contributed by atoms with van der Waals surface area (Å²) < 4.78 is 7.58. The Balaban J connectivity index is 1.40. The first kappa shape index (κ1) is 17.7. The summed E-state index contributed by atoms with van der Waals surface area (Å²) in [4.78, 5) is 9.42. The number of rotatable bonds is 5. The Kier molecular flexibility index (Phi) is 5.36. The van der Waals surface area contributed by atoms with E-state index < -0.39 is 0 Å². The van der Waals surface area contributed by atoms with Crippen molar-refractivity contribution in [2.45, 2.75) is 58.0 Å². The lowest BCUT2D eigenvalue weighted by molar-refractivity contribution is 0.192. The van der Waals surface area contributed by atoms with Crippen molar-refractivity contribution in [3.63, 3.8) is 0 Å². The van der Waals surface area contributed by atoms with Crippen LogP contribution in [0.2, 0.25) is 0 Å². The molecule has 2 aliphatic rings. The molecular weight excluding hydrogens is 328 g/mol. The SMILES string of the molecule is Cc1nc(CN2CCC[C@H](c3nnc(CN4CCCCC4)n3C)C2)co1. The minimum atomic E-state index is 0.448. The van der Waals surface area contributed by atoms with Crippen molar-refractivity contribution in [1.82, 2.24) is 29.5 Å². The highest BCUT2D eigenvalue weighted by Crippen LogP contribution is 2.27. The topological polar surface area (TPSA) is 63.2 Å². The van der Waals surface area contributed by atoms with E-state index in [1.165, 1.54) is 45.2 Å². The van der Waals surface area contributed by atoms with Crippen molar-refractivity contribution in [2.75, 3.05) is 26.2 Å². The fraction of sp³-hybridized carbons (Fsp3) is 0.737. The van der Waals surface area contributed by atoms with Gasteiger partial charge in [-0.05, 0) is 45.3 Å². The molecule has 2 aromatic heterocycles. The van der Waals surface area contributed by atoms with Crippen LogP contribution in [0.25, 0.3) is 0 Å². The van der Waals surface area contributed by atoms with E-state index in [0.29, 0.717) is 5.92 Å². The highest BCUT2D eigenvalue weighted by Gasteiger charge is 2.27. The van der Waals surface area contributed by atoms with E-state index in [0.717, 1.165) is 49.4 Å². The summed E-state index contributed by atoms with van der Waals surface area (Å²) in [6.45, 7) is 8.19. The minimum Gasteiger partial charge on any atom is -0.449 e. The van der Waals surface area contributed by atoms with Gasteiger partial charge in [0.1, 0.15) is 17.9 Å². The Bertz CT molecular complexity index is 717. The first-order valence-corrected chi connectivity index (χ1v) is 9.93. The highest BCUT2D eigenvalue weighted by atomic mass is 16.3. The predicted octanol–water partition coefficient (Wildman–Crippen LogP) is 2.48. The number of likely N-dealkylation sites (tertiary alicyclic amines) is 2. The van der Waals surface area contributed by atoms with Gasteiger partial charge in [-0.15, -0.1) is 10.2 Å². The first-order chi connectivity index (χ1) is 12.7. The second-order valence-electron chi connectivity index (χ2n) is 7.80. The second-order valence-corrected chi connectivity index (χ2v) is 7.80. The van der Waals surface area contributed by atoms with Crippen LogP contribution in [0.3, 0.4) is 0 Å². The Morgan fingerprint density at radius 1 is 1.04 bits per heavy atom. The maximum absolute atomic E-state index is 5.34. The van der Waals surface area contributed by atoms with E-state index in [9.17, 15) is 0 Å². The molecule has 142 valence electrons. The number of hydrogen-bond donors (Lipinski definition) is 0. The van der Waals surface area contributed by atoms with E-state index in [2.05, 4.69) is 36.6 Å². The van der Waals surface area contributed by atoms with E-state index in [1.54, 1.807) is 6.26 Å². The third-order valence-electron chi connectivity index (χ3n) is 5.74. The summed E-state index contributed by atoms with van der Waals surface area (Å²) in [5.74, 6) is 3.43. The zero-order valence-electron chi connectivity index (χ0n) is 16.0. The number of aromatic nitrogens is 4.